The van der Waals surface area contributed by atoms with Crippen LogP contribution in [0.3, 0.4) is 0 Å². The number of nitrogens with one attached hydrogen (secondary N) is 2. The van der Waals surface area contributed by atoms with Crippen molar-refractivity contribution in [2.75, 3.05) is 5.32 Å². The van der Waals surface area contributed by atoms with E-state index in [1.165, 1.54) is 18.3 Å². The van der Waals surface area contributed by atoms with Gasteiger partial charge in [-0.1, -0.05) is 90.0 Å². The Hall–Kier alpha value is -4.67. The van der Waals surface area contributed by atoms with E-state index in [0.29, 0.717) is 34.4 Å². The predicted molar refractivity (Wildman–Crippen MR) is 163 cm³/mol. The summed E-state index contributed by atoms with van der Waals surface area (Å²) >= 11 is 13.0. The number of pyridine rings is 1. The fourth-order valence-electron chi connectivity index (χ4n) is 4.74. The molecule has 0 aliphatic heterocycles. The number of carbonyl (C=O) groups excluding carboxylic acids is 2. The van der Waals surface area contributed by atoms with E-state index < -0.39 is 34.9 Å². The number of amides is 2. The van der Waals surface area contributed by atoms with E-state index in [4.69, 9.17) is 23.2 Å². The third-order valence-corrected chi connectivity index (χ3v) is 7.87. The molecule has 0 saturated heterocycles. The summed E-state index contributed by atoms with van der Waals surface area (Å²) < 4.78 is 41.8. The van der Waals surface area contributed by atoms with Crippen LogP contribution in [-0.4, -0.2) is 32.1 Å². The molecule has 5 aromatic rings. The van der Waals surface area contributed by atoms with Crippen LogP contribution >= 0.6 is 23.2 Å². The first-order valence-electron chi connectivity index (χ1n) is 13.4. The van der Waals surface area contributed by atoms with Crippen LogP contribution in [0.15, 0.2) is 91.1 Å². The van der Waals surface area contributed by atoms with Crippen molar-refractivity contribution in [3.05, 3.63) is 124 Å². The molecule has 0 spiro atoms. The van der Waals surface area contributed by atoms with Crippen molar-refractivity contribution in [1.82, 2.24) is 20.1 Å². The molecule has 2 heterocycles. The number of nitrogens with zero attached hydrogens (tertiary/aromatic N) is 3. The van der Waals surface area contributed by atoms with Crippen molar-refractivity contribution < 1.29 is 22.8 Å². The summed E-state index contributed by atoms with van der Waals surface area (Å²) in [5.74, 6) is -1.70. The van der Waals surface area contributed by atoms with Gasteiger partial charge in [-0.2, -0.15) is 18.3 Å². The Morgan fingerprint density at radius 1 is 0.932 bits per heavy atom. The third-order valence-electron chi connectivity index (χ3n) is 7.19. The predicted octanol–water partition coefficient (Wildman–Crippen LogP) is 7.97. The Morgan fingerprint density at radius 2 is 1.66 bits per heavy atom. The lowest BCUT2D eigenvalue weighted by Gasteiger charge is -2.18. The van der Waals surface area contributed by atoms with E-state index in [1.54, 1.807) is 30.3 Å². The van der Waals surface area contributed by atoms with Crippen LogP contribution in [0, 0.1) is 0 Å². The number of alkyl halides is 3. The largest absolute Gasteiger partial charge is 0.435 e. The molecule has 3 aromatic carbocycles. The molecule has 2 amide bonds. The van der Waals surface area contributed by atoms with Crippen molar-refractivity contribution in [3.8, 4) is 5.82 Å². The molecule has 12 heteroatoms. The molecule has 0 atom stereocenters. The standard InChI is InChI=1S/C32H22Cl2F3N5O2/c33-23-11-6-16-38-28(23)42-24(18-25(41-42)32(35,36)37)30(44)39-27-22(17-20-9-4-5-10-21(20)26(27)34)29(43)40-31(14-15-31)13-12-19-7-2-1-3-8-19/h1-13,16-18H,14-15H2,(H,39,44)(H,40,43). The van der Waals surface area contributed by atoms with Crippen LogP contribution in [0.2, 0.25) is 10.0 Å². The summed E-state index contributed by atoms with van der Waals surface area (Å²) in [7, 11) is 0. The third kappa shape index (κ3) is 5.91. The quantitative estimate of drug-likeness (QED) is 0.190. The molecule has 1 aliphatic rings. The Balaban J connectivity index is 1.39. The van der Waals surface area contributed by atoms with E-state index in [9.17, 15) is 22.8 Å². The van der Waals surface area contributed by atoms with Crippen molar-refractivity contribution in [2.45, 2.75) is 24.6 Å². The minimum atomic E-state index is -4.86. The summed E-state index contributed by atoms with van der Waals surface area (Å²) in [5, 5.41) is 10.4. The van der Waals surface area contributed by atoms with E-state index in [0.717, 1.165) is 5.56 Å². The van der Waals surface area contributed by atoms with Gasteiger partial charge in [-0.15, -0.1) is 0 Å². The highest BCUT2D eigenvalue weighted by molar-refractivity contribution is 6.40. The van der Waals surface area contributed by atoms with E-state index in [2.05, 4.69) is 20.7 Å². The van der Waals surface area contributed by atoms with Crippen molar-refractivity contribution in [2.24, 2.45) is 0 Å². The van der Waals surface area contributed by atoms with Crippen LogP contribution in [0.4, 0.5) is 18.9 Å². The maximum atomic E-state index is 13.8. The lowest BCUT2D eigenvalue weighted by molar-refractivity contribution is -0.141. The van der Waals surface area contributed by atoms with Crippen LogP contribution in [-0.2, 0) is 6.18 Å². The van der Waals surface area contributed by atoms with Gasteiger partial charge in [0, 0.05) is 17.6 Å². The molecule has 0 radical (unpaired) electrons. The van der Waals surface area contributed by atoms with Crippen molar-refractivity contribution >= 4 is 57.6 Å². The van der Waals surface area contributed by atoms with Crippen molar-refractivity contribution in [3.63, 3.8) is 0 Å². The number of halogens is 5. The monoisotopic (exact) mass is 635 g/mol. The zero-order valence-electron chi connectivity index (χ0n) is 22.7. The molecule has 2 aromatic heterocycles. The molecular formula is C32H22Cl2F3N5O2. The van der Waals surface area contributed by atoms with Gasteiger partial charge in [-0.3, -0.25) is 9.59 Å². The van der Waals surface area contributed by atoms with Crippen LogP contribution in [0.1, 0.15) is 44.9 Å². The van der Waals surface area contributed by atoms with E-state index in [1.807, 2.05) is 42.5 Å². The number of aromatic nitrogens is 3. The smallest absolute Gasteiger partial charge is 0.343 e. The maximum absolute atomic E-state index is 13.8. The number of hydrogen-bond acceptors (Lipinski definition) is 4. The summed E-state index contributed by atoms with van der Waals surface area (Å²) in [5.41, 5.74) is -1.49. The number of benzene rings is 3. The minimum Gasteiger partial charge on any atom is -0.343 e. The van der Waals surface area contributed by atoms with Gasteiger partial charge in [0.1, 0.15) is 5.69 Å². The number of anilines is 1. The number of fused-ring (bicyclic) bond motifs is 1. The summed E-state index contributed by atoms with van der Waals surface area (Å²) in [6.45, 7) is 0. The van der Waals surface area contributed by atoms with Crippen LogP contribution < -0.4 is 10.6 Å². The average Bonchev–Trinajstić information content (AvgIpc) is 3.61. The van der Waals surface area contributed by atoms with Gasteiger partial charge in [-0.25, -0.2) is 9.67 Å². The highest BCUT2D eigenvalue weighted by Crippen LogP contribution is 2.40. The number of rotatable bonds is 7. The van der Waals surface area contributed by atoms with E-state index >= 15 is 0 Å². The Bertz CT molecular complexity index is 1940. The van der Waals surface area contributed by atoms with Gasteiger partial charge in [-0.05, 0) is 42.0 Å². The normalized spacial score (nSPS) is 14.1. The zero-order valence-corrected chi connectivity index (χ0v) is 24.2. The first-order valence-corrected chi connectivity index (χ1v) is 14.2. The molecule has 1 aliphatic carbocycles. The first-order chi connectivity index (χ1) is 21.0. The topological polar surface area (TPSA) is 88.9 Å². The molecule has 1 saturated carbocycles. The Kier molecular flexibility index (Phi) is 7.65. The van der Waals surface area contributed by atoms with Gasteiger partial charge < -0.3 is 10.6 Å². The molecule has 44 heavy (non-hydrogen) atoms. The SMILES string of the molecule is O=C(NC1(C=Cc2ccccc2)CC1)c1cc2ccccc2c(Cl)c1NC(=O)c1cc(C(F)(F)F)nn1-c1ncccc1Cl. The molecule has 0 bridgehead atoms. The lowest BCUT2D eigenvalue weighted by atomic mass is 10.0. The molecule has 7 nitrogen and oxygen atoms in total. The average molecular weight is 636 g/mol. The molecular weight excluding hydrogens is 614 g/mol. The fourth-order valence-corrected chi connectivity index (χ4v) is 5.26. The van der Waals surface area contributed by atoms with Gasteiger partial charge in [0.05, 0.1) is 26.8 Å². The second kappa shape index (κ2) is 11.4. The summed E-state index contributed by atoms with van der Waals surface area (Å²) in [6, 6.07) is 21.7. The molecule has 222 valence electrons. The van der Waals surface area contributed by atoms with Crippen LogP contribution in [0.25, 0.3) is 22.7 Å². The summed E-state index contributed by atoms with van der Waals surface area (Å²) in [6.07, 6.45) is 1.70. The van der Waals surface area contributed by atoms with Gasteiger partial charge >= 0.3 is 6.18 Å². The highest BCUT2D eigenvalue weighted by Gasteiger charge is 2.42. The first kappa shape index (κ1) is 29.4. The minimum absolute atomic E-state index is 0.0273. The second-order valence-corrected chi connectivity index (χ2v) is 11.1. The fraction of sp³-hybridized carbons (Fsp3) is 0.125. The molecule has 0 unspecified atom stereocenters. The van der Waals surface area contributed by atoms with Gasteiger partial charge in [0.25, 0.3) is 11.8 Å². The molecule has 2 N–H and O–H groups in total. The maximum Gasteiger partial charge on any atom is 0.435 e. The van der Waals surface area contributed by atoms with Crippen molar-refractivity contribution in [1.29, 1.82) is 0 Å². The Labute approximate surface area is 259 Å². The van der Waals surface area contributed by atoms with Gasteiger partial charge in [0.2, 0.25) is 0 Å². The number of carbonyl (C=O) groups is 2. The second-order valence-electron chi connectivity index (χ2n) is 10.3. The summed E-state index contributed by atoms with van der Waals surface area (Å²) in [4.78, 5) is 31.4. The Morgan fingerprint density at radius 3 is 2.36 bits per heavy atom. The van der Waals surface area contributed by atoms with E-state index in [-0.39, 0.29) is 27.1 Å². The zero-order chi connectivity index (χ0) is 31.1. The lowest BCUT2D eigenvalue weighted by Crippen LogP contribution is -2.36. The van der Waals surface area contributed by atoms with Crippen LogP contribution in [0.5, 0.6) is 0 Å². The number of hydrogen-bond donors (Lipinski definition) is 2. The van der Waals surface area contributed by atoms with Gasteiger partial charge in [0.15, 0.2) is 11.5 Å². The molecule has 6 rings (SSSR count). The highest BCUT2D eigenvalue weighted by atomic mass is 35.5. The molecule has 1 fully saturated rings.